The Morgan fingerprint density at radius 3 is 2.68 bits per heavy atom. The maximum Gasteiger partial charge on any atom is 0.228 e. The lowest BCUT2D eigenvalue weighted by Crippen LogP contribution is -2.31. The molecule has 0 unspecified atom stereocenters. The minimum absolute atomic E-state index is 0.640. The monoisotopic (exact) mass is 331 g/mol. The highest BCUT2D eigenvalue weighted by atomic mass is 79.9. The number of aryl methyl sites for hydroxylation is 1. The zero-order chi connectivity index (χ0) is 14.1. The van der Waals surface area contributed by atoms with E-state index in [2.05, 4.69) is 37.7 Å². The van der Waals surface area contributed by atoms with Crippen LogP contribution in [-0.4, -0.2) is 48.7 Å². The molecule has 6 heteroatoms. The number of ether oxygens (including phenoxy) is 2. The minimum Gasteiger partial charge on any atom is -0.478 e. The summed E-state index contributed by atoms with van der Waals surface area (Å²) in [6.45, 7) is 6.94. The second-order valence-corrected chi connectivity index (χ2v) is 4.96. The first-order valence-electron chi connectivity index (χ1n) is 6.49. The average molecular weight is 332 g/mol. The number of hydrogen-bond acceptors (Lipinski definition) is 5. The zero-order valence-corrected chi connectivity index (χ0v) is 13.4. The molecule has 0 aliphatic rings. The van der Waals surface area contributed by atoms with Crippen molar-refractivity contribution in [1.29, 1.82) is 0 Å². The van der Waals surface area contributed by atoms with Crippen LogP contribution in [0.1, 0.15) is 19.0 Å². The topological polar surface area (TPSA) is 47.5 Å². The Bertz CT molecular complexity index is 377. The fraction of sp³-hybridized carbons (Fsp3) is 0.692. The van der Waals surface area contributed by atoms with E-state index < -0.39 is 0 Å². The molecule has 0 radical (unpaired) electrons. The quantitative estimate of drug-likeness (QED) is 0.650. The van der Waals surface area contributed by atoms with Gasteiger partial charge in [-0.15, -0.1) is 0 Å². The summed E-state index contributed by atoms with van der Waals surface area (Å²) in [6, 6.07) is 1.86. The number of methoxy groups -OCH3 is 1. The predicted molar refractivity (Wildman–Crippen MR) is 80.4 cm³/mol. The van der Waals surface area contributed by atoms with Gasteiger partial charge in [-0.2, -0.15) is 4.98 Å². The molecule has 0 N–H and O–H groups in total. The molecule has 1 heterocycles. The van der Waals surface area contributed by atoms with Gasteiger partial charge in [-0.3, -0.25) is 0 Å². The Balaban J connectivity index is 2.84. The van der Waals surface area contributed by atoms with E-state index in [0.717, 1.165) is 30.5 Å². The third kappa shape index (κ3) is 5.74. The Labute approximate surface area is 123 Å². The molecular formula is C13H22BrN3O2. The first kappa shape index (κ1) is 16.2. The lowest BCUT2D eigenvalue weighted by Gasteiger charge is -2.22. The van der Waals surface area contributed by atoms with Crippen molar-refractivity contribution in [3.05, 3.63) is 11.8 Å². The summed E-state index contributed by atoms with van der Waals surface area (Å²) in [5, 5.41) is 0.860. The van der Waals surface area contributed by atoms with Crippen LogP contribution < -0.4 is 9.64 Å². The van der Waals surface area contributed by atoms with Gasteiger partial charge in [0.05, 0.1) is 13.2 Å². The second kappa shape index (κ2) is 9.09. The van der Waals surface area contributed by atoms with Crippen molar-refractivity contribution < 1.29 is 9.47 Å². The van der Waals surface area contributed by atoms with Crippen molar-refractivity contribution in [2.75, 3.05) is 43.6 Å². The predicted octanol–water partition coefficient (Wildman–Crippen LogP) is 2.42. The fourth-order valence-electron chi connectivity index (χ4n) is 1.56. The summed E-state index contributed by atoms with van der Waals surface area (Å²) in [4.78, 5) is 11.0. The molecule has 0 atom stereocenters. The van der Waals surface area contributed by atoms with Crippen molar-refractivity contribution in [1.82, 2.24) is 9.97 Å². The normalized spacial score (nSPS) is 10.5. The molecule has 0 aromatic carbocycles. The summed E-state index contributed by atoms with van der Waals surface area (Å²) in [7, 11) is 1.69. The number of anilines is 1. The molecule has 0 aliphatic heterocycles. The molecule has 1 rings (SSSR count). The van der Waals surface area contributed by atoms with Gasteiger partial charge in [0.2, 0.25) is 11.8 Å². The maximum absolute atomic E-state index is 5.59. The van der Waals surface area contributed by atoms with E-state index in [0.29, 0.717) is 25.0 Å². The second-order valence-electron chi connectivity index (χ2n) is 4.16. The molecule has 0 aliphatic carbocycles. The Kier molecular flexibility index (Phi) is 7.74. The first-order chi connectivity index (χ1) is 9.21. The van der Waals surface area contributed by atoms with Gasteiger partial charge in [-0.25, -0.2) is 4.98 Å². The summed E-state index contributed by atoms with van der Waals surface area (Å²) in [5.74, 6) is 1.34. The first-order valence-corrected chi connectivity index (χ1v) is 7.61. The van der Waals surface area contributed by atoms with E-state index in [1.165, 1.54) is 0 Å². The van der Waals surface area contributed by atoms with Crippen molar-refractivity contribution in [2.45, 2.75) is 20.3 Å². The lowest BCUT2D eigenvalue weighted by atomic mass is 10.4. The Morgan fingerprint density at radius 1 is 1.26 bits per heavy atom. The van der Waals surface area contributed by atoms with Crippen LogP contribution >= 0.6 is 15.9 Å². The fourth-order valence-corrected chi connectivity index (χ4v) is 1.99. The summed E-state index contributed by atoms with van der Waals surface area (Å²) in [6.07, 6.45) is 0.965. The van der Waals surface area contributed by atoms with Crippen LogP contribution in [0.5, 0.6) is 5.88 Å². The molecule has 1 aromatic heterocycles. The highest BCUT2D eigenvalue weighted by molar-refractivity contribution is 9.09. The van der Waals surface area contributed by atoms with Crippen LogP contribution in [0.2, 0.25) is 0 Å². The minimum atomic E-state index is 0.640. The molecule has 0 saturated carbocycles. The van der Waals surface area contributed by atoms with E-state index in [9.17, 15) is 0 Å². The molecule has 0 spiro atoms. The lowest BCUT2D eigenvalue weighted by molar-refractivity contribution is 0.205. The van der Waals surface area contributed by atoms with Gasteiger partial charge in [0.15, 0.2) is 0 Å². The number of rotatable bonds is 9. The van der Waals surface area contributed by atoms with E-state index in [4.69, 9.17) is 9.47 Å². The molecule has 0 amide bonds. The van der Waals surface area contributed by atoms with Crippen molar-refractivity contribution in [3.63, 3.8) is 0 Å². The number of halogens is 1. The molecule has 0 bridgehead atoms. The third-order valence-electron chi connectivity index (χ3n) is 2.48. The maximum atomic E-state index is 5.59. The van der Waals surface area contributed by atoms with Crippen LogP contribution in [0.25, 0.3) is 0 Å². The molecule has 0 saturated heterocycles. The van der Waals surface area contributed by atoms with Crippen molar-refractivity contribution in [2.24, 2.45) is 0 Å². The van der Waals surface area contributed by atoms with Gasteiger partial charge in [0.25, 0.3) is 0 Å². The number of aromatic nitrogens is 2. The van der Waals surface area contributed by atoms with Gasteiger partial charge >= 0.3 is 0 Å². The standard InChI is InChI=1S/C13H22BrN3O2/c1-4-8-19-12-10-11(2)15-13(16-12)17(6-5-14)7-9-18-3/h10H,4-9H2,1-3H3. The molecular weight excluding hydrogens is 310 g/mol. The van der Waals surface area contributed by atoms with Gasteiger partial charge < -0.3 is 14.4 Å². The average Bonchev–Trinajstić information content (AvgIpc) is 2.40. The summed E-state index contributed by atoms with van der Waals surface area (Å²) in [5.41, 5.74) is 0.910. The molecule has 1 aromatic rings. The molecule has 19 heavy (non-hydrogen) atoms. The van der Waals surface area contributed by atoms with Gasteiger partial charge in [0.1, 0.15) is 0 Å². The Morgan fingerprint density at radius 2 is 2.05 bits per heavy atom. The van der Waals surface area contributed by atoms with E-state index in [1.54, 1.807) is 7.11 Å². The van der Waals surface area contributed by atoms with Gasteiger partial charge in [-0.05, 0) is 13.3 Å². The van der Waals surface area contributed by atoms with Gasteiger partial charge in [0, 0.05) is 37.3 Å². The van der Waals surface area contributed by atoms with E-state index in [1.807, 2.05) is 13.0 Å². The van der Waals surface area contributed by atoms with Crippen LogP contribution in [0, 0.1) is 6.92 Å². The molecule has 108 valence electrons. The zero-order valence-electron chi connectivity index (χ0n) is 11.9. The van der Waals surface area contributed by atoms with Crippen LogP contribution in [-0.2, 0) is 4.74 Å². The van der Waals surface area contributed by atoms with E-state index in [-0.39, 0.29) is 0 Å². The SMILES string of the molecule is CCCOc1cc(C)nc(N(CCBr)CCOC)n1. The summed E-state index contributed by atoms with van der Waals surface area (Å²) >= 11 is 3.45. The number of alkyl halides is 1. The highest BCUT2D eigenvalue weighted by Gasteiger charge is 2.11. The van der Waals surface area contributed by atoms with Crippen LogP contribution in [0.4, 0.5) is 5.95 Å². The van der Waals surface area contributed by atoms with Crippen LogP contribution in [0.15, 0.2) is 6.07 Å². The third-order valence-corrected chi connectivity index (χ3v) is 2.83. The molecule has 0 fully saturated rings. The number of hydrogen-bond donors (Lipinski definition) is 0. The van der Waals surface area contributed by atoms with Crippen LogP contribution in [0.3, 0.4) is 0 Å². The van der Waals surface area contributed by atoms with E-state index >= 15 is 0 Å². The number of nitrogens with zero attached hydrogens (tertiary/aromatic N) is 3. The summed E-state index contributed by atoms with van der Waals surface area (Å²) < 4.78 is 10.7. The largest absolute Gasteiger partial charge is 0.478 e. The van der Waals surface area contributed by atoms with Gasteiger partial charge in [-0.1, -0.05) is 22.9 Å². The molecule has 5 nitrogen and oxygen atoms in total. The Hall–Kier alpha value is -0.880. The van der Waals surface area contributed by atoms with Crippen molar-refractivity contribution in [3.8, 4) is 5.88 Å². The van der Waals surface area contributed by atoms with Crippen molar-refractivity contribution >= 4 is 21.9 Å². The highest BCUT2D eigenvalue weighted by Crippen LogP contribution is 2.16. The smallest absolute Gasteiger partial charge is 0.228 e.